The van der Waals surface area contributed by atoms with Crippen molar-refractivity contribution < 1.29 is 13.2 Å². The van der Waals surface area contributed by atoms with Crippen LogP contribution in [0.25, 0.3) is 0 Å². The van der Waals surface area contributed by atoms with Crippen LogP contribution in [0.15, 0.2) is 12.1 Å². The Hall–Kier alpha value is -0.370. The van der Waals surface area contributed by atoms with E-state index in [1.54, 1.807) is 22.6 Å². The summed E-state index contributed by atoms with van der Waals surface area (Å²) in [4.78, 5) is 3.37. The molecule has 0 saturated heterocycles. The van der Waals surface area contributed by atoms with Crippen molar-refractivity contribution >= 4 is 22.6 Å². The second-order valence-electron chi connectivity index (χ2n) is 2.36. The molecule has 0 radical (unpaired) electrons. The Balaban J connectivity index is 3.16. The molecule has 0 aliphatic rings. The van der Waals surface area contributed by atoms with Crippen molar-refractivity contribution in [1.29, 1.82) is 0 Å². The Kier molecular flexibility index (Phi) is 3.12. The van der Waals surface area contributed by atoms with Gasteiger partial charge in [-0.2, -0.15) is 13.2 Å². The molecule has 1 aromatic heterocycles. The molecule has 72 valence electrons. The van der Waals surface area contributed by atoms with E-state index in [4.69, 9.17) is 5.73 Å². The molecule has 0 spiro atoms. The molecule has 1 heterocycles. The molecule has 2 nitrogen and oxygen atoms in total. The summed E-state index contributed by atoms with van der Waals surface area (Å²) in [5.74, 6) is 0. The van der Waals surface area contributed by atoms with Crippen LogP contribution in [0.4, 0.5) is 13.2 Å². The Morgan fingerprint density at radius 3 is 2.46 bits per heavy atom. The van der Waals surface area contributed by atoms with Gasteiger partial charge in [0.15, 0.2) is 0 Å². The van der Waals surface area contributed by atoms with Crippen LogP contribution in [0.1, 0.15) is 11.4 Å². The van der Waals surface area contributed by atoms with E-state index in [1.165, 1.54) is 6.07 Å². The maximum Gasteiger partial charge on any atom is 0.433 e. The summed E-state index contributed by atoms with van der Waals surface area (Å²) in [7, 11) is 0. The van der Waals surface area contributed by atoms with Gasteiger partial charge in [-0.1, -0.05) is 0 Å². The van der Waals surface area contributed by atoms with Crippen molar-refractivity contribution in [1.82, 2.24) is 4.98 Å². The van der Waals surface area contributed by atoms with Crippen LogP contribution in [0.3, 0.4) is 0 Å². The molecule has 0 unspecified atom stereocenters. The smallest absolute Gasteiger partial charge is 0.325 e. The average Bonchev–Trinajstić information content (AvgIpc) is 2.01. The van der Waals surface area contributed by atoms with Gasteiger partial charge in [-0.25, -0.2) is 4.98 Å². The normalized spacial score (nSPS) is 11.8. The number of rotatable bonds is 1. The summed E-state index contributed by atoms with van der Waals surface area (Å²) in [5, 5.41) is 0. The first-order chi connectivity index (χ1) is 5.93. The summed E-state index contributed by atoms with van der Waals surface area (Å²) in [6.45, 7) is 0.0138. The van der Waals surface area contributed by atoms with E-state index in [0.717, 1.165) is 6.07 Å². The second-order valence-corrected chi connectivity index (χ2v) is 3.61. The maximum absolute atomic E-state index is 12.2. The van der Waals surface area contributed by atoms with Crippen LogP contribution in [-0.4, -0.2) is 4.98 Å². The standard InChI is InChI=1S/C7H6F3IN2/c8-7(9,10)6-2-4(11)1-5(3-12)13-6/h1-2H,3,12H2. The van der Waals surface area contributed by atoms with Crippen molar-refractivity contribution in [3.63, 3.8) is 0 Å². The third-order valence-electron chi connectivity index (χ3n) is 1.34. The molecule has 0 aliphatic heterocycles. The summed E-state index contributed by atoms with van der Waals surface area (Å²) in [6, 6.07) is 2.51. The zero-order valence-corrected chi connectivity index (χ0v) is 8.56. The highest BCUT2D eigenvalue weighted by Gasteiger charge is 2.32. The summed E-state index contributed by atoms with van der Waals surface area (Å²) in [5.41, 5.74) is 4.56. The molecule has 0 atom stereocenters. The van der Waals surface area contributed by atoms with Gasteiger partial charge in [0.25, 0.3) is 0 Å². The van der Waals surface area contributed by atoms with Crippen molar-refractivity contribution in [2.24, 2.45) is 5.73 Å². The predicted molar refractivity (Wildman–Crippen MR) is 49.8 cm³/mol. The number of nitrogens with zero attached hydrogens (tertiary/aromatic N) is 1. The molecule has 2 N–H and O–H groups in total. The van der Waals surface area contributed by atoms with Crippen molar-refractivity contribution in [3.8, 4) is 0 Å². The zero-order chi connectivity index (χ0) is 10.1. The number of alkyl halides is 3. The number of hydrogen-bond acceptors (Lipinski definition) is 2. The highest BCUT2D eigenvalue weighted by molar-refractivity contribution is 14.1. The summed E-state index contributed by atoms with van der Waals surface area (Å²) < 4.78 is 37.0. The minimum Gasteiger partial charge on any atom is -0.325 e. The Bertz CT molecular complexity index is 311. The monoisotopic (exact) mass is 302 g/mol. The zero-order valence-electron chi connectivity index (χ0n) is 6.40. The van der Waals surface area contributed by atoms with Gasteiger partial charge < -0.3 is 5.73 Å². The highest BCUT2D eigenvalue weighted by atomic mass is 127. The summed E-state index contributed by atoms with van der Waals surface area (Å²) >= 11 is 1.80. The van der Waals surface area contributed by atoms with Gasteiger partial charge in [0, 0.05) is 10.1 Å². The molecule has 0 amide bonds. The van der Waals surface area contributed by atoms with E-state index in [-0.39, 0.29) is 12.2 Å². The molecule has 0 saturated carbocycles. The van der Waals surface area contributed by atoms with Crippen LogP contribution in [0, 0.1) is 3.57 Å². The predicted octanol–water partition coefficient (Wildman–Crippen LogP) is 2.16. The van der Waals surface area contributed by atoms with Gasteiger partial charge in [0.05, 0.1) is 5.69 Å². The fourth-order valence-corrected chi connectivity index (χ4v) is 1.45. The molecular formula is C7H6F3IN2. The SMILES string of the molecule is NCc1cc(I)cc(C(F)(F)F)n1. The lowest BCUT2D eigenvalue weighted by molar-refractivity contribution is -0.141. The van der Waals surface area contributed by atoms with Crippen molar-refractivity contribution in [2.45, 2.75) is 12.7 Å². The lowest BCUT2D eigenvalue weighted by Crippen LogP contribution is -2.11. The second kappa shape index (κ2) is 3.79. The van der Waals surface area contributed by atoms with E-state index in [0.29, 0.717) is 3.57 Å². The van der Waals surface area contributed by atoms with E-state index in [1.807, 2.05) is 0 Å². The lowest BCUT2D eigenvalue weighted by Gasteiger charge is -2.07. The number of nitrogens with two attached hydrogens (primary N) is 1. The Labute approximate surface area is 86.5 Å². The molecule has 0 fully saturated rings. The van der Waals surface area contributed by atoms with Crippen LogP contribution in [0.2, 0.25) is 0 Å². The number of aromatic nitrogens is 1. The van der Waals surface area contributed by atoms with E-state index < -0.39 is 11.9 Å². The molecule has 0 aromatic carbocycles. The number of pyridine rings is 1. The molecule has 6 heteroatoms. The maximum atomic E-state index is 12.2. The van der Waals surface area contributed by atoms with Crippen LogP contribution in [0.5, 0.6) is 0 Å². The molecular weight excluding hydrogens is 296 g/mol. The van der Waals surface area contributed by atoms with Gasteiger partial charge >= 0.3 is 6.18 Å². The van der Waals surface area contributed by atoms with Gasteiger partial charge in [0.2, 0.25) is 0 Å². The Morgan fingerprint density at radius 2 is 2.00 bits per heavy atom. The van der Waals surface area contributed by atoms with Crippen LogP contribution < -0.4 is 5.73 Å². The number of halogens is 4. The van der Waals surface area contributed by atoms with Gasteiger partial charge in [-0.15, -0.1) is 0 Å². The topological polar surface area (TPSA) is 38.9 Å². The fraction of sp³-hybridized carbons (Fsp3) is 0.286. The van der Waals surface area contributed by atoms with E-state index in [9.17, 15) is 13.2 Å². The quantitative estimate of drug-likeness (QED) is 0.808. The minimum atomic E-state index is -4.40. The van der Waals surface area contributed by atoms with Gasteiger partial charge in [-0.05, 0) is 34.7 Å². The van der Waals surface area contributed by atoms with Crippen LogP contribution >= 0.6 is 22.6 Å². The van der Waals surface area contributed by atoms with Crippen LogP contribution in [-0.2, 0) is 12.7 Å². The fourth-order valence-electron chi connectivity index (χ4n) is 0.800. The number of hydrogen-bond donors (Lipinski definition) is 1. The molecule has 0 aliphatic carbocycles. The van der Waals surface area contributed by atoms with Gasteiger partial charge in [-0.3, -0.25) is 0 Å². The largest absolute Gasteiger partial charge is 0.433 e. The first-order valence-electron chi connectivity index (χ1n) is 3.37. The molecule has 1 aromatic rings. The lowest BCUT2D eigenvalue weighted by atomic mass is 10.3. The van der Waals surface area contributed by atoms with Crippen molar-refractivity contribution in [2.75, 3.05) is 0 Å². The molecule has 1 rings (SSSR count). The molecule has 0 bridgehead atoms. The third-order valence-corrected chi connectivity index (χ3v) is 1.97. The molecule has 13 heavy (non-hydrogen) atoms. The Morgan fingerprint density at radius 1 is 1.38 bits per heavy atom. The van der Waals surface area contributed by atoms with E-state index in [2.05, 4.69) is 4.98 Å². The first-order valence-corrected chi connectivity index (χ1v) is 4.45. The third kappa shape index (κ3) is 2.80. The summed E-state index contributed by atoms with van der Waals surface area (Å²) in [6.07, 6.45) is -4.40. The highest BCUT2D eigenvalue weighted by Crippen LogP contribution is 2.28. The first kappa shape index (κ1) is 10.7. The van der Waals surface area contributed by atoms with Crippen molar-refractivity contribution in [3.05, 3.63) is 27.1 Å². The average molecular weight is 302 g/mol. The van der Waals surface area contributed by atoms with Gasteiger partial charge in [0.1, 0.15) is 5.69 Å². The van der Waals surface area contributed by atoms with E-state index >= 15 is 0 Å². The minimum absolute atomic E-state index is 0.0138.